The van der Waals surface area contributed by atoms with Gasteiger partial charge in [0.05, 0.1) is 11.3 Å². The molecule has 1 saturated carbocycles. The molecule has 1 fully saturated rings. The maximum Gasteiger partial charge on any atom is 0.431 e. The second-order valence-electron chi connectivity index (χ2n) is 9.16. The zero-order valence-electron chi connectivity index (χ0n) is 19.1. The highest BCUT2D eigenvalue weighted by molar-refractivity contribution is 5.83. The van der Waals surface area contributed by atoms with Gasteiger partial charge in [-0.15, -0.1) is 0 Å². The van der Waals surface area contributed by atoms with E-state index in [4.69, 9.17) is 0 Å². The SMILES string of the molecule is O=c1[nH]cc(-c2cc([C@H]3C[C@@H]3c3ccc4cc(C(F)(F)F)n(CC(F)(F)F)c4c3)c3nccn3n2)c(=O)[nH]1. The third-order valence-electron chi connectivity index (χ3n) is 6.66. The van der Waals surface area contributed by atoms with Gasteiger partial charge in [0.1, 0.15) is 12.2 Å². The lowest BCUT2D eigenvalue weighted by atomic mass is 10.0. The molecule has 0 amide bonds. The van der Waals surface area contributed by atoms with Crippen LogP contribution in [0.2, 0.25) is 0 Å². The molecule has 4 heterocycles. The van der Waals surface area contributed by atoms with Crippen molar-refractivity contribution in [2.75, 3.05) is 0 Å². The van der Waals surface area contributed by atoms with E-state index in [1.807, 2.05) is 0 Å². The largest absolute Gasteiger partial charge is 0.431 e. The van der Waals surface area contributed by atoms with E-state index in [2.05, 4.69) is 20.1 Å². The van der Waals surface area contributed by atoms with Crippen LogP contribution in [0.25, 0.3) is 27.8 Å². The average molecular weight is 534 g/mol. The van der Waals surface area contributed by atoms with Crippen molar-refractivity contribution in [1.29, 1.82) is 0 Å². The zero-order chi connectivity index (χ0) is 27.0. The average Bonchev–Trinajstić information content (AvgIpc) is 3.32. The van der Waals surface area contributed by atoms with E-state index in [-0.39, 0.29) is 38.6 Å². The number of rotatable bonds is 4. The fraction of sp³-hybridized carbons (Fsp3) is 0.250. The minimum Gasteiger partial charge on any atom is -0.328 e. The predicted molar refractivity (Wildman–Crippen MR) is 123 cm³/mol. The molecule has 0 spiro atoms. The van der Waals surface area contributed by atoms with Crippen molar-refractivity contribution in [2.45, 2.75) is 37.2 Å². The molecule has 4 aromatic heterocycles. The van der Waals surface area contributed by atoms with Crippen molar-refractivity contribution in [3.63, 3.8) is 0 Å². The first-order valence-electron chi connectivity index (χ1n) is 11.3. The molecule has 2 atom stereocenters. The molecule has 6 rings (SSSR count). The van der Waals surface area contributed by atoms with Crippen LogP contribution in [0.1, 0.15) is 35.1 Å². The minimum atomic E-state index is -4.95. The lowest BCUT2D eigenvalue weighted by Gasteiger charge is -2.15. The van der Waals surface area contributed by atoms with Crippen LogP contribution in [-0.2, 0) is 12.7 Å². The monoisotopic (exact) mass is 534 g/mol. The Hall–Kier alpha value is -4.36. The number of benzene rings is 1. The van der Waals surface area contributed by atoms with Crippen LogP contribution in [0.3, 0.4) is 0 Å². The van der Waals surface area contributed by atoms with E-state index < -0.39 is 35.8 Å². The van der Waals surface area contributed by atoms with Crippen molar-refractivity contribution in [1.82, 2.24) is 29.1 Å². The molecule has 1 aliphatic rings. The van der Waals surface area contributed by atoms with Crippen LogP contribution < -0.4 is 11.2 Å². The van der Waals surface area contributed by atoms with Crippen molar-refractivity contribution in [3.8, 4) is 11.3 Å². The summed E-state index contributed by atoms with van der Waals surface area (Å²) in [5, 5.41) is 4.43. The number of hydrogen-bond donors (Lipinski definition) is 2. The smallest absolute Gasteiger partial charge is 0.328 e. The van der Waals surface area contributed by atoms with E-state index in [9.17, 15) is 35.9 Å². The Morgan fingerprint density at radius 3 is 2.53 bits per heavy atom. The van der Waals surface area contributed by atoms with E-state index >= 15 is 0 Å². The molecule has 1 aliphatic carbocycles. The van der Waals surface area contributed by atoms with Gasteiger partial charge in [-0.05, 0) is 42.0 Å². The standard InChI is InChI=1S/C24H16F6N6O2/c25-23(26,27)10-35-18-5-11(1-2-12(18)6-19(35)24(28,29)30)13-7-14(13)15-8-17(34-36-4-3-31-20(15)36)16-9-32-22(38)33-21(16)37/h1-6,8-9,13-14H,7,10H2,(H2,32,33,37,38)/t13-,14+/m1/s1. The molecule has 196 valence electrons. The maximum absolute atomic E-state index is 13.5. The summed E-state index contributed by atoms with van der Waals surface area (Å²) in [5.74, 6) is -0.373. The van der Waals surface area contributed by atoms with Crippen molar-refractivity contribution < 1.29 is 26.3 Å². The molecule has 0 unspecified atom stereocenters. The van der Waals surface area contributed by atoms with E-state index in [0.29, 0.717) is 23.2 Å². The Morgan fingerprint density at radius 2 is 1.82 bits per heavy atom. The van der Waals surface area contributed by atoms with Crippen molar-refractivity contribution >= 4 is 16.6 Å². The first-order valence-corrected chi connectivity index (χ1v) is 11.3. The van der Waals surface area contributed by atoms with Crippen LogP contribution in [0.4, 0.5) is 26.3 Å². The second-order valence-corrected chi connectivity index (χ2v) is 9.16. The molecule has 0 saturated heterocycles. The lowest BCUT2D eigenvalue weighted by molar-refractivity contribution is -0.157. The van der Waals surface area contributed by atoms with Gasteiger partial charge >= 0.3 is 18.0 Å². The number of nitrogens with zero attached hydrogens (tertiary/aromatic N) is 4. The summed E-state index contributed by atoms with van der Waals surface area (Å²) < 4.78 is 81.8. The third kappa shape index (κ3) is 4.15. The highest BCUT2D eigenvalue weighted by atomic mass is 19.4. The first kappa shape index (κ1) is 24.0. The zero-order valence-corrected chi connectivity index (χ0v) is 19.1. The number of imidazole rings is 1. The van der Waals surface area contributed by atoms with Crippen LogP contribution in [0.5, 0.6) is 0 Å². The van der Waals surface area contributed by atoms with Crippen LogP contribution in [0, 0.1) is 0 Å². The molecule has 0 bridgehead atoms. The van der Waals surface area contributed by atoms with Gasteiger partial charge in [0.15, 0.2) is 5.65 Å². The van der Waals surface area contributed by atoms with Crippen molar-refractivity contribution in [3.05, 3.63) is 86.6 Å². The Bertz CT molecular complexity index is 1830. The topological polar surface area (TPSA) is 101 Å². The summed E-state index contributed by atoms with van der Waals surface area (Å²) >= 11 is 0. The summed E-state index contributed by atoms with van der Waals surface area (Å²) in [6, 6.07) is 6.76. The van der Waals surface area contributed by atoms with Crippen molar-refractivity contribution in [2.24, 2.45) is 0 Å². The highest BCUT2D eigenvalue weighted by Gasteiger charge is 2.43. The van der Waals surface area contributed by atoms with E-state index in [1.54, 1.807) is 18.3 Å². The van der Waals surface area contributed by atoms with Gasteiger partial charge in [-0.2, -0.15) is 31.4 Å². The van der Waals surface area contributed by atoms with Crippen LogP contribution >= 0.6 is 0 Å². The Labute approximate surface area is 207 Å². The Morgan fingerprint density at radius 1 is 1.03 bits per heavy atom. The minimum absolute atomic E-state index is 0.0571. The van der Waals surface area contributed by atoms with Gasteiger partial charge in [0.2, 0.25) is 0 Å². The molecule has 5 aromatic rings. The van der Waals surface area contributed by atoms with Gasteiger partial charge in [0.25, 0.3) is 5.56 Å². The molecule has 8 nitrogen and oxygen atoms in total. The number of hydrogen-bond acceptors (Lipinski definition) is 4. The first-order chi connectivity index (χ1) is 17.9. The Balaban J connectivity index is 1.42. The van der Waals surface area contributed by atoms with Gasteiger partial charge < -0.3 is 9.55 Å². The predicted octanol–water partition coefficient (Wildman–Crippen LogP) is 4.58. The quantitative estimate of drug-likeness (QED) is 0.330. The summed E-state index contributed by atoms with van der Waals surface area (Å²) in [6.45, 7) is -1.76. The third-order valence-corrected chi connectivity index (χ3v) is 6.66. The second kappa shape index (κ2) is 8.07. The van der Waals surface area contributed by atoms with Crippen LogP contribution in [0.15, 0.2) is 58.5 Å². The molecule has 0 aliphatic heterocycles. The summed E-state index contributed by atoms with van der Waals surface area (Å²) in [4.78, 5) is 32.6. The summed E-state index contributed by atoms with van der Waals surface area (Å²) in [6.07, 6.45) is -4.91. The molecular weight excluding hydrogens is 518 g/mol. The molecule has 1 aromatic carbocycles. The van der Waals surface area contributed by atoms with Gasteiger partial charge in [-0.3, -0.25) is 9.78 Å². The molecule has 0 radical (unpaired) electrons. The number of H-pyrrole nitrogens is 2. The van der Waals surface area contributed by atoms with Gasteiger partial charge in [-0.1, -0.05) is 12.1 Å². The molecular formula is C24H16F6N6O2. The van der Waals surface area contributed by atoms with E-state index in [0.717, 1.165) is 6.07 Å². The molecule has 2 N–H and O–H groups in total. The maximum atomic E-state index is 13.5. The number of nitrogens with one attached hydrogen (secondary N) is 2. The highest BCUT2D eigenvalue weighted by Crippen LogP contribution is 2.56. The normalized spacial score (nSPS) is 17.9. The van der Waals surface area contributed by atoms with E-state index in [1.165, 1.54) is 29.0 Å². The van der Waals surface area contributed by atoms with Gasteiger partial charge in [0, 0.05) is 35.1 Å². The summed E-state index contributed by atoms with van der Waals surface area (Å²) in [5.41, 5.74) is -0.664. The number of aromatic amines is 2. The molecule has 38 heavy (non-hydrogen) atoms. The number of aromatic nitrogens is 6. The Kier molecular flexibility index (Phi) is 5.10. The number of alkyl halides is 6. The fourth-order valence-electron chi connectivity index (χ4n) is 4.94. The summed E-state index contributed by atoms with van der Waals surface area (Å²) in [7, 11) is 0. The molecule has 14 heteroatoms. The number of halogens is 6. The lowest BCUT2D eigenvalue weighted by Crippen LogP contribution is -2.23. The van der Waals surface area contributed by atoms with Crippen LogP contribution in [-0.4, -0.2) is 35.3 Å². The number of fused-ring (bicyclic) bond motifs is 2. The fourth-order valence-corrected chi connectivity index (χ4v) is 4.94. The van der Waals surface area contributed by atoms with Gasteiger partial charge in [-0.25, -0.2) is 14.3 Å².